The zero-order valence-electron chi connectivity index (χ0n) is 9.55. The zero-order valence-corrected chi connectivity index (χ0v) is 10.4. The average molecular weight is 267 g/mol. The summed E-state index contributed by atoms with van der Waals surface area (Å²) >= 11 is 1.34. The Morgan fingerprint density at radius 1 is 1.56 bits per heavy atom. The summed E-state index contributed by atoms with van der Waals surface area (Å²) in [5, 5.41) is 19.1. The molecule has 0 aromatic carbocycles. The maximum absolute atomic E-state index is 11.7. The zero-order chi connectivity index (χ0) is 13.3. The van der Waals surface area contributed by atoms with Gasteiger partial charge in [0, 0.05) is 4.88 Å². The highest BCUT2D eigenvalue weighted by Crippen LogP contribution is 2.21. The number of nitrogens with one attached hydrogen (secondary N) is 2. The van der Waals surface area contributed by atoms with Crippen LogP contribution in [0, 0.1) is 24.0 Å². The van der Waals surface area contributed by atoms with Gasteiger partial charge in [0.1, 0.15) is 0 Å². The van der Waals surface area contributed by atoms with Crippen LogP contribution in [0.4, 0.5) is 10.9 Å². The van der Waals surface area contributed by atoms with E-state index in [0.29, 0.717) is 5.13 Å². The van der Waals surface area contributed by atoms with Gasteiger partial charge in [-0.15, -0.1) is 16.4 Å². The number of thiazole rings is 1. The van der Waals surface area contributed by atoms with Crippen LogP contribution < -0.4 is 5.32 Å². The lowest BCUT2D eigenvalue weighted by molar-refractivity contribution is -0.389. The third kappa shape index (κ3) is 2.35. The Morgan fingerprint density at radius 3 is 2.78 bits per heavy atom. The van der Waals surface area contributed by atoms with Gasteiger partial charge >= 0.3 is 5.82 Å². The van der Waals surface area contributed by atoms with E-state index in [4.69, 9.17) is 0 Å². The van der Waals surface area contributed by atoms with Crippen molar-refractivity contribution in [3.8, 4) is 0 Å². The first-order chi connectivity index (χ1) is 8.47. The van der Waals surface area contributed by atoms with E-state index in [9.17, 15) is 14.9 Å². The van der Waals surface area contributed by atoms with Crippen molar-refractivity contribution in [1.29, 1.82) is 0 Å². The van der Waals surface area contributed by atoms with E-state index < -0.39 is 10.8 Å². The van der Waals surface area contributed by atoms with Crippen LogP contribution in [0.3, 0.4) is 0 Å². The lowest BCUT2D eigenvalue weighted by atomic mass is 10.4. The molecule has 2 N–H and O–H groups in total. The molecule has 8 nitrogen and oxygen atoms in total. The molecule has 2 rings (SSSR count). The Kier molecular flexibility index (Phi) is 3.06. The largest absolute Gasteiger partial charge is 0.358 e. The van der Waals surface area contributed by atoms with Crippen molar-refractivity contribution in [3.05, 3.63) is 32.4 Å². The normalized spacial score (nSPS) is 10.3. The molecular formula is C9H9N5O3S. The maximum atomic E-state index is 11.7. The molecule has 18 heavy (non-hydrogen) atoms. The predicted molar refractivity (Wildman–Crippen MR) is 64.8 cm³/mol. The second-order valence-electron chi connectivity index (χ2n) is 3.51. The van der Waals surface area contributed by atoms with Gasteiger partial charge in [0.15, 0.2) is 10.8 Å². The first-order valence-corrected chi connectivity index (χ1v) is 5.74. The molecule has 0 bridgehead atoms. The Labute approximate surface area is 105 Å². The molecule has 1 amide bonds. The number of anilines is 1. The Balaban J connectivity index is 2.14. The monoisotopic (exact) mass is 267 g/mol. The summed E-state index contributed by atoms with van der Waals surface area (Å²) in [6, 6.07) is 1.07. The molecule has 9 heteroatoms. The van der Waals surface area contributed by atoms with Gasteiger partial charge in [0.2, 0.25) is 0 Å². The minimum Gasteiger partial charge on any atom is -0.358 e. The number of H-pyrrole nitrogens is 1. The van der Waals surface area contributed by atoms with Crippen molar-refractivity contribution in [3.63, 3.8) is 0 Å². The van der Waals surface area contributed by atoms with Crippen LogP contribution in [0.2, 0.25) is 0 Å². The van der Waals surface area contributed by atoms with E-state index in [1.54, 1.807) is 0 Å². The number of hydrogen-bond donors (Lipinski definition) is 2. The topological polar surface area (TPSA) is 114 Å². The molecule has 0 saturated carbocycles. The summed E-state index contributed by atoms with van der Waals surface area (Å²) in [7, 11) is 0. The maximum Gasteiger partial charge on any atom is 0.343 e. The molecule has 0 radical (unpaired) electrons. The number of carbonyl (C=O) groups is 1. The third-order valence-corrected chi connectivity index (χ3v) is 3.23. The molecule has 2 aromatic rings. The van der Waals surface area contributed by atoms with E-state index in [1.165, 1.54) is 11.3 Å². The Morgan fingerprint density at radius 2 is 2.28 bits per heavy atom. The summed E-state index contributed by atoms with van der Waals surface area (Å²) < 4.78 is 0. The molecule has 0 aliphatic carbocycles. The molecule has 0 aliphatic rings. The molecule has 0 aliphatic heterocycles. The quantitative estimate of drug-likeness (QED) is 0.648. The summed E-state index contributed by atoms with van der Waals surface area (Å²) in [6.45, 7) is 3.73. The van der Waals surface area contributed by atoms with Crippen LogP contribution in [-0.4, -0.2) is 26.0 Å². The number of nitro groups is 1. The smallest absolute Gasteiger partial charge is 0.343 e. The fraction of sp³-hybridized carbons (Fsp3) is 0.222. The van der Waals surface area contributed by atoms with Crippen LogP contribution in [-0.2, 0) is 0 Å². The van der Waals surface area contributed by atoms with E-state index in [2.05, 4.69) is 20.5 Å². The van der Waals surface area contributed by atoms with Gasteiger partial charge in [0.25, 0.3) is 5.91 Å². The van der Waals surface area contributed by atoms with Gasteiger partial charge in [-0.1, -0.05) is 5.10 Å². The minimum atomic E-state index is -0.651. The van der Waals surface area contributed by atoms with Gasteiger partial charge in [-0.3, -0.25) is 10.1 Å². The predicted octanol–water partition coefficient (Wildman–Crippen LogP) is 1.64. The van der Waals surface area contributed by atoms with Crippen molar-refractivity contribution in [2.75, 3.05) is 5.32 Å². The van der Waals surface area contributed by atoms with Gasteiger partial charge in [0.05, 0.1) is 11.8 Å². The van der Waals surface area contributed by atoms with E-state index in [1.807, 2.05) is 13.8 Å². The van der Waals surface area contributed by atoms with E-state index in [0.717, 1.165) is 16.6 Å². The molecule has 94 valence electrons. The SMILES string of the molecule is Cc1nc(NC(=O)c2cc([N+](=O)[O-])[nH]n2)sc1C. The number of aromatic nitrogens is 3. The van der Waals surface area contributed by atoms with Crippen molar-refractivity contribution in [2.45, 2.75) is 13.8 Å². The first kappa shape index (κ1) is 12.2. The highest BCUT2D eigenvalue weighted by atomic mass is 32.1. The molecular weight excluding hydrogens is 258 g/mol. The lowest BCUT2D eigenvalue weighted by Crippen LogP contribution is -2.12. The molecule has 2 aromatic heterocycles. The van der Waals surface area contributed by atoms with Gasteiger partial charge < -0.3 is 10.1 Å². The average Bonchev–Trinajstić information content (AvgIpc) is 2.87. The number of aromatic amines is 1. The molecule has 2 heterocycles. The summed E-state index contributed by atoms with van der Waals surface area (Å²) in [6.07, 6.45) is 0. The number of carbonyl (C=O) groups excluding carboxylic acids is 1. The van der Waals surface area contributed by atoms with Crippen molar-refractivity contribution < 1.29 is 9.72 Å². The highest BCUT2D eigenvalue weighted by molar-refractivity contribution is 7.15. The molecule has 0 atom stereocenters. The highest BCUT2D eigenvalue weighted by Gasteiger charge is 2.17. The van der Waals surface area contributed by atoms with Crippen molar-refractivity contribution in [2.24, 2.45) is 0 Å². The second-order valence-corrected chi connectivity index (χ2v) is 4.71. The second kappa shape index (κ2) is 4.53. The van der Waals surface area contributed by atoms with E-state index >= 15 is 0 Å². The molecule has 0 unspecified atom stereocenters. The third-order valence-electron chi connectivity index (χ3n) is 2.24. The Bertz CT molecular complexity index is 598. The van der Waals surface area contributed by atoms with Crippen LogP contribution in [0.5, 0.6) is 0 Å². The van der Waals surface area contributed by atoms with Crippen molar-refractivity contribution >= 4 is 28.2 Å². The fourth-order valence-corrected chi connectivity index (χ4v) is 2.02. The van der Waals surface area contributed by atoms with E-state index in [-0.39, 0.29) is 11.5 Å². The number of aryl methyl sites for hydroxylation is 2. The summed E-state index contributed by atoms with van der Waals surface area (Å²) in [4.78, 5) is 26.6. The molecule has 0 spiro atoms. The van der Waals surface area contributed by atoms with Gasteiger partial charge in [-0.05, 0) is 18.8 Å². The fourth-order valence-electron chi connectivity index (χ4n) is 1.21. The van der Waals surface area contributed by atoms with Gasteiger partial charge in [-0.25, -0.2) is 4.98 Å². The molecule has 0 saturated heterocycles. The summed E-state index contributed by atoms with van der Waals surface area (Å²) in [5.41, 5.74) is 0.788. The number of hydrogen-bond acceptors (Lipinski definition) is 6. The van der Waals surface area contributed by atoms with Gasteiger partial charge in [-0.2, -0.15) is 0 Å². The first-order valence-electron chi connectivity index (χ1n) is 4.92. The lowest BCUT2D eigenvalue weighted by Gasteiger charge is -1.95. The van der Waals surface area contributed by atoms with Crippen LogP contribution >= 0.6 is 11.3 Å². The minimum absolute atomic E-state index is 0.0489. The number of rotatable bonds is 3. The molecule has 0 fully saturated rings. The van der Waals surface area contributed by atoms with Crippen LogP contribution in [0.15, 0.2) is 6.07 Å². The standard InChI is InChI=1S/C9H9N5O3S/c1-4-5(2)18-9(10-4)11-8(15)6-3-7(13-12-6)14(16)17/h3H,1-2H3,(H,12,13)(H,10,11,15). The Hall–Kier alpha value is -2.29. The number of amides is 1. The van der Waals surface area contributed by atoms with Crippen molar-refractivity contribution in [1.82, 2.24) is 15.2 Å². The summed E-state index contributed by atoms with van der Waals surface area (Å²) in [5.74, 6) is -0.861. The van der Waals surface area contributed by atoms with Crippen LogP contribution in [0.1, 0.15) is 21.1 Å². The van der Waals surface area contributed by atoms with Crippen LogP contribution in [0.25, 0.3) is 0 Å². The number of nitrogens with zero attached hydrogens (tertiary/aromatic N) is 3.